The molecule has 122 valence electrons. The van der Waals surface area contributed by atoms with Gasteiger partial charge in [-0.25, -0.2) is 4.99 Å². The summed E-state index contributed by atoms with van der Waals surface area (Å²) in [6.45, 7) is 4.24. The van der Waals surface area contributed by atoms with Gasteiger partial charge in [0.1, 0.15) is 16.3 Å². The summed E-state index contributed by atoms with van der Waals surface area (Å²) in [7, 11) is 0. The van der Waals surface area contributed by atoms with Gasteiger partial charge in [-0.15, -0.1) is 0 Å². The van der Waals surface area contributed by atoms with Crippen LogP contribution >= 0.6 is 46.1 Å². The summed E-state index contributed by atoms with van der Waals surface area (Å²) in [5, 5.41) is 1.13. The average Bonchev–Trinajstić information content (AvgIpc) is 2.86. The third-order valence-corrected chi connectivity index (χ3v) is 5.73. The Balaban J connectivity index is 2.04. The number of fused-ring (bicyclic) bond motifs is 1. The Morgan fingerprint density at radius 3 is 2.48 bits per heavy atom. The van der Waals surface area contributed by atoms with Crippen LogP contribution in [0.3, 0.4) is 0 Å². The van der Waals surface area contributed by atoms with Crippen LogP contribution in [0.5, 0.6) is 0 Å². The van der Waals surface area contributed by atoms with Crippen LogP contribution in [0.1, 0.15) is 35.7 Å². The van der Waals surface area contributed by atoms with Crippen molar-refractivity contribution >= 4 is 57.6 Å². The van der Waals surface area contributed by atoms with Crippen LogP contribution in [0.4, 0.5) is 5.69 Å². The zero-order chi connectivity index (χ0) is 16.7. The predicted molar refractivity (Wildman–Crippen MR) is 94.3 cm³/mol. The molecule has 7 heteroatoms. The highest BCUT2D eigenvalue weighted by Crippen LogP contribution is 2.36. The van der Waals surface area contributed by atoms with Gasteiger partial charge in [0.2, 0.25) is 0 Å². The zero-order valence-electron chi connectivity index (χ0n) is 12.5. The van der Waals surface area contributed by atoms with Crippen LogP contribution in [0.25, 0.3) is 0 Å². The smallest absolute Gasteiger partial charge is 0.279 e. The molecule has 1 aromatic heterocycles. The minimum atomic E-state index is 0.119. The first kappa shape index (κ1) is 17.0. The summed E-state index contributed by atoms with van der Waals surface area (Å²) < 4.78 is 5.78. The molecule has 0 saturated heterocycles. The van der Waals surface area contributed by atoms with Crippen molar-refractivity contribution in [3.63, 3.8) is 0 Å². The Morgan fingerprint density at radius 2 is 1.87 bits per heavy atom. The zero-order valence-corrected chi connectivity index (χ0v) is 15.6. The number of carbonyl (C=O) groups excluding carboxylic acids is 1. The van der Waals surface area contributed by atoms with E-state index in [4.69, 9.17) is 39.2 Å². The molecule has 0 spiro atoms. The van der Waals surface area contributed by atoms with Gasteiger partial charge in [0, 0.05) is 17.9 Å². The number of benzene rings is 1. The summed E-state index contributed by atoms with van der Waals surface area (Å²) in [5.74, 6) is 1.57. The van der Waals surface area contributed by atoms with E-state index in [2.05, 4.69) is 18.8 Å². The molecule has 1 heterocycles. The van der Waals surface area contributed by atoms with E-state index < -0.39 is 0 Å². The van der Waals surface area contributed by atoms with Crippen molar-refractivity contribution in [3.8, 4) is 0 Å². The predicted octanol–water partition coefficient (Wildman–Crippen LogP) is 5.93. The van der Waals surface area contributed by atoms with E-state index in [0.717, 1.165) is 6.42 Å². The van der Waals surface area contributed by atoms with Crippen molar-refractivity contribution in [1.82, 2.24) is 0 Å². The molecule has 0 radical (unpaired) electrons. The van der Waals surface area contributed by atoms with Crippen LogP contribution in [-0.4, -0.2) is 5.78 Å². The lowest BCUT2D eigenvalue weighted by Gasteiger charge is -2.22. The van der Waals surface area contributed by atoms with Crippen LogP contribution in [0.15, 0.2) is 21.5 Å². The third kappa shape index (κ3) is 3.50. The SMILES string of the molecule is CC(C)C1CC(=O)c2sc(=Nc3c(Cl)cc(Cl)cc3Cl)oc2C1. The maximum Gasteiger partial charge on any atom is 0.279 e. The normalized spacial score (nSPS) is 18.6. The first-order valence-electron chi connectivity index (χ1n) is 7.20. The molecular formula is C16H14Cl3NO2S. The van der Waals surface area contributed by atoms with Gasteiger partial charge >= 0.3 is 0 Å². The molecule has 1 unspecified atom stereocenters. The van der Waals surface area contributed by atoms with E-state index in [1.54, 1.807) is 12.1 Å². The fraction of sp³-hybridized carbons (Fsp3) is 0.375. The molecule has 0 amide bonds. The molecule has 0 aliphatic heterocycles. The van der Waals surface area contributed by atoms with Crippen molar-refractivity contribution in [3.05, 3.63) is 42.7 Å². The molecule has 2 aromatic rings. The Hall–Kier alpha value is -0.810. The van der Waals surface area contributed by atoms with Gasteiger partial charge in [0.25, 0.3) is 4.87 Å². The van der Waals surface area contributed by atoms with Gasteiger partial charge in [-0.3, -0.25) is 4.79 Å². The van der Waals surface area contributed by atoms with Crippen molar-refractivity contribution in [2.75, 3.05) is 0 Å². The second-order valence-electron chi connectivity index (χ2n) is 5.89. The number of hydrogen-bond acceptors (Lipinski definition) is 4. The summed E-state index contributed by atoms with van der Waals surface area (Å²) >= 11 is 19.4. The maximum atomic E-state index is 12.3. The summed E-state index contributed by atoms with van der Waals surface area (Å²) in [6, 6.07) is 3.14. The largest absolute Gasteiger partial charge is 0.434 e. The molecule has 0 fully saturated rings. The molecule has 1 aliphatic rings. The molecule has 0 N–H and O–H groups in total. The molecule has 23 heavy (non-hydrogen) atoms. The fourth-order valence-electron chi connectivity index (χ4n) is 2.55. The molecule has 3 rings (SSSR count). The van der Waals surface area contributed by atoms with Crippen LogP contribution in [0, 0.1) is 11.8 Å². The second-order valence-corrected chi connectivity index (χ2v) is 8.10. The highest BCUT2D eigenvalue weighted by molar-refractivity contribution is 7.11. The van der Waals surface area contributed by atoms with E-state index >= 15 is 0 Å². The third-order valence-electron chi connectivity index (χ3n) is 3.93. The molecule has 0 saturated carbocycles. The molecule has 1 aliphatic carbocycles. The standard InChI is InChI=1S/C16H14Cl3NO2S/c1-7(2)8-3-12(21)15-13(4-8)22-16(23-15)20-14-10(18)5-9(17)6-11(14)19/h5-8H,3-4H2,1-2H3. The van der Waals surface area contributed by atoms with E-state index in [9.17, 15) is 4.79 Å². The number of ketones is 1. The average molecular weight is 391 g/mol. The van der Waals surface area contributed by atoms with Gasteiger partial charge in [-0.1, -0.05) is 60.0 Å². The van der Waals surface area contributed by atoms with Crippen LogP contribution in [0.2, 0.25) is 15.1 Å². The van der Waals surface area contributed by atoms with Gasteiger partial charge in [0.05, 0.1) is 10.0 Å². The Bertz CT molecular complexity index is 815. The molecular weight excluding hydrogens is 377 g/mol. The Labute approximate surface area is 152 Å². The number of carbonyl (C=O) groups is 1. The highest BCUT2D eigenvalue weighted by Gasteiger charge is 2.30. The fourth-order valence-corrected chi connectivity index (χ4v) is 4.35. The summed E-state index contributed by atoms with van der Waals surface area (Å²) in [4.78, 5) is 17.7. The minimum absolute atomic E-state index is 0.119. The Morgan fingerprint density at radius 1 is 1.22 bits per heavy atom. The van der Waals surface area contributed by atoms with E-state index in [1.807, 2.05) is 0 Å². The lowest BCUT2D eigenvalue weighted by atomic mass is 9.83. The minimum Gasteiger partial charge on any atom is -0.434 e. The number of rotatable bonds is 2. The van der Waals surface area contributed by atoms with E-state index in [1.165, 1.54) is 11.3 Å². The van der Waals surface area contributed by atoms with Gasteiger partial charge in [-0.05, 0) is 24.0 Å². The maximum absolute atomic E-state index is 12.3. The molecule has 3 nitrogen and oxygen atoms in total. The summed E-state index contributed by atoms with van der Waals surface area (Å²) in [5.41, 5.74) is 0.396. The lowest BCUT2D eigenvalue weighted by molar-refractivity contribution is 0.0930. The first-order valence-corrected chi connectivity index (χ1v) is 9.15. The quantitative estimate of drug-likeness (QED) is 0.637. The monoisotopic (exact) mass is 389 g/mol. The number of nitrogens with zero attached hydrogens (tertiary/aromatic N) is 1. The Kier molecular flexibility index (Phi) is 4.88. The van der Waals surface area contributed by atoms with Gasteiger partial charge in [-0.2, -0.15) is 0 Å². The molecule has 0 bridgehead atoms. The van der Waals surface area contributed by atoms with Gasteiger partial charge in [0.15, 0.2) is 5.78 Å². The highest BCUT2D eigenvalue weighted by atomic mass is 35.5. The number of hydrogen-bond donors (Lipinski definition) is 0. The molecule has 1 atom stereocenters. The number of halogens is 3. The number of Topliss-reactive ketones (excluding diaryl/α,β-unsaturated/α-hetero) is 1. The lowest BCUT2D eigenvalue weighted by Crippen LogP contribution is -2.22. The summed E-state index contributed by atoms with van der Waals surface area (Å²) in [6.07, 6.45) is 1.31. The van der Waals surface area contributed by atoms with Crippen molar-refractivity contribution in [1.29, 1.82) is 0 Å². The van der Waals surface area contributed by atoms with Crippen LogP contribution in [-0.2, 0) is 6.42 Å². The van der Waals surface area contributed by atoms with Crippen molar-refractivity contribution in [2.45, 2.75) is 26.7 Å². The van der Waals surface area contributed by atoms with Gasteiger partial charge < -0.3 is 4.42 Å². The molecule has 1 aromatic carbocycles. The topological polar surface area (TPSA) is 42.6 Å². The second kappa shape index (κ2) is 6.60. The van der Waals surface area contributed by atoms with Crippen molar-refractivity contribution < 1.29 is 9.21 Å². The van der Waals surface area contributed by atoms with Crippen LogP contribution < -0.4 is 4.87 Å². The first-order chi connectivity index (χ1) is 10.8. The van der Waals surface area contributed by atoms with E-state index in [-0.39, 0.29) is 5.78 Å². The van der Waals surface area contributed by atoms with Crippen molar-refractivity contribution in [2.24, 2.45) is 16.8 Å². The van der Waals surface area contributed by atoms with E-state index in [0.29, 0.717) is 54.5 Å².